The molecular weight excluding hydrogens is 282 g/mol. The second-order valence-corrected chi connectivity index (χ2v) is 7.04. The molecule has 0 radical (unpaired) electrons. The van der Waals surface area contributed by atoms with E-state index in [9.17, 15) is 4.79 Å². The Bertz CT molecular complexity index is 656. The molecule has 0 atom stereocenters. The van der Waals surface area contributed by atoms with Crippen molar-refractivity contribution < 1.29 is 4.79 Å². The third-order valence-electron chi connectivity index (χ3n) is 3.12. The van der Waals surface area contributed by atoms with Gasteiger partial charge in [-0.15, -0.1) is 11.3 Å². The maximum Gasteiger partial charge on any atom is 0.325 e. The van der Waals surface area contributed by atoms with E-state index in [2.05, 4.69) is 36.4 Å². The SMILES string of the molecule is Cc1ccc(NC(=O)Nc2nc(C(C)(C)C)cs2)c(C)c1. The maximum absolute atomic E-state index is 12.0. The predicted molar refractivity (Wildman–Crippen MR) is 89.4 cm³/mol. The molecule has 0 aliphatic rings. The van der Waals surface area contributed by atoms with Gasteiger partial charge < -0.3 is 5.32 Å². The van der Waals surface area contributed by atoms with E-state index in [0.29, 0.717) is 5.13 Å². The van der Waals surface area contributed by atoms with Crippen LogP contribution in [0.15, 0.2) is 23.6 Å². The molecule has 0 saturated carbocycles. The molecule has 5 heteroatoms. The van der Waals surface area contributed by atoms with Gasteiger partial charge in [0.1, 0.15) is 0 Å². The van der Waals surface area contributed by atoms with E-state index in [1.54, 1.807) is 0 Å². The molecule has 21 heavy (non-hydrogen) atoms. The second-order valence-electron chi connectivity index (χ2n) is 6.19. The number of aromatic nitrogens is 1. The van der Waals surface area contributed by atoms with Crippen molar-refractivity contribution in [3.63, 3.8) is 0 Å². The van der Waals surface area contributed by atoms with E-state index in [0.717, 1.165) is 16.9 Å². The summed E-state index contributed by atoms with van der Waals surface area (Å²) in [5, 5.41) is 8.22. The van der Waals surface area contributed by atoms with E-state index in [1.807, 2.05) is 37.4 Å². The molecule has 0 aliphatic carbocycles. The number of hydrogen-bond acceptors (Lipinski definition) is 3. The van der Waals surface area contributed by atoms with Crippen LogP contribution in [0.5, 0.6) is 0 Å². The van der Waals surface area contributed by atoms with Gasteiger partial charge in [0.05, 0.1) is 5.69 Å². The molecule has 4 nitrogen and oxygen atoms in total. The first-order valence-corrected chi connectivity index (χ1v) is 7.75. The molecule has 1 aromatic carbocycles. The highest BCUT2D eigenvalue weighted by molar-refractivity contribution is 7.14. The summed E-state index contributed by atoms with van der Waals surface area (Å²) in [5.74, 6) is 0. The summed E-state index contributed by atoms with van der Waals surface area (Å²) in [6.07, 6.45) is 0. The van der Waals surface area contributed by atoms with Crippen molar-refractivity contribution in [1.82, 2.24) is 4.98 Å². The fourth-order valence-electron chi connectivity index (χ4n) is 1.88. The van der Waals surface area contributed by atoms with Crippen LogP contribution < -0.4 is 10.6 Å². The predicted octanol–water partition coefficient (Wildman–Crippen LogP) is 4.70. The summed E-state index contributed by atoms with van der Waals surface area (Å²) in [6.45, 7) is 10.3. The third-order valence-corrected chi connectivity index (χ3v) is 3.88. The van der Waals surface area contributed by atoms with E-state index in [1.165, 1.54) is 16.9 Å². The highest BCUT2D eigenvalue weighted by Crippen LogP contribution is 2.26. The van der Waals surface area contributed by atoms with E-state index >= 15 is 0 Å². The van der Waals surface area contributed by atoms with E-state index < -0.39 is 0 Å². The summed E-state index contributed by atoms with van der Waals surface area (Å²) in [6, 6.07) is 5.66. The standard InChI is InChI=1S/C16H21N3OS/c1-10-6-7-12(11(2)8-10)17-14(20)19-15-18-13(9-21-15)16(3,4)5/h6-9H,1-5H3,(H2,17,18,19,20). The number of anilines is 2. The third kappa shape index (κ3) is 4.04. The monoisotopic (exact) mass is 303 g/mol. The number of benzene rings is 1. The average molecular weight is 303 g/mol. The number of nitrogens with one attached hydrogen (secondary N) is 2. The van der Waals surface area contributed by atoms with Gasteiger partial charge in [0.15, 0.2) is 5.13 Å². The number of aryl methyl sites for hydroxylation is 2. The lowest BCUT2D eigenvalue weighted by molar-refractivity contribution is 0.262. The molecule has 0 unspecified atom stereocenters. The van der Waals surface area contributed by atoms with Crippen molar-refractivity contribution in [1.29, 1.82) is 0 Å². The van der Waals surface area contributed by atoms with Crippen molar-refractivity contribution in [2.75, 3.05) is 10.6 Å². The average Bonchev–Trinajstić information content (AvgIpc) is 2.81. The van der Waals surface area contributed by atoms with Gasteiger partial charge in [0, 0.05) is 16.5 Å². The smallest absolute Gasteiger partial charge is 0.307 e. The minimum Gasteiger partial charge on any atom is -0.307 e. The van der Waals surface area contributed by atoms with Crippen LogP contribution in [-0.2, 0) is 5.41 Å². The first-order valence-electron chi connectivity index (χ1n) is 6.87. The highest BCUT2D eigenvalue weighted by atomic mass is 32.1. The maximum atomic E-state index is 12.0. The summed E-state index contributed by atoms with van der Waals surface area (Å²) in [5.41, 5.74) is 3.99. The lowest BCUT2D eigenvalue weighted by Gasteiger charge is -2.14. The molecule has 2 aromatic rings. The van der Waals surface area contributed by atoms with Gasteiger partial charge in [-0.2, -0.15) is 0 Å². The Balaban J connectivity index is 2.03. The Hall–Kier alpha value is -1.88. The Kier molecular flexibility index (Phi) is 4.32. The van der Waals surface area contributed by atoms with Gasteiger partial charge in [0.2, 0.25) is 0 Å². The van der Waals surface area contributed by atoms with Crippen molar-refractivity contribution in [3.05, 3.63) is 40.4 Å². The van der Waals surface area contributed by atoms with Crippen molar-refractivity contribution in [2.24, 2.45) is 0 Å². The molecule has 112 valence electrons. The van der Waals surface area contributed by atoms with Gasteiger partial charge >= 0.3 is 6.03 Å². The Morgan fingerprint density at radius 2 is 1.90 bits per heavy atom. The summed E-state index contributed by atoms with van der Waals surface area (Å²) < 4.78 is 0. The zero-order valence-electron chi connectivity index (χ0n) is 13.1. The van der Waals surface area contributed by atoms with Crippen LogP contribution in [0.4, 0.5) is 15.6 Å². The zero-order valence-corrected chi connectivity index (χ0v) is 13.9. The number of carbonyl (C=O) groups excluding carboxylic acids is 1. The Labute approximate surface area is 129 Å². The van der Waals surface area contributed by atoms with Crippen LogP contribution in [0.25, 0.3) is 0 Å². The van der Waals surface area contributed by atoms with Crippen molar-refractivity contribution >= 4 is 28.2 Å². The van der Waals surface area contributed by atoms with Crippen LogP contribution in [-0.4, -0.2) is 11.0 Å². The highest BCUT2D eigenvalue weighted by Gasteiger charge is 2.18. The first kappa shape index (κ1) is 15.5. The quantitative estimate of drug-likeness (QED) is 0.844. The largest absolute Gasteiger partial charge is 0.325 e. The summed E-state index contributed by atoms with van der Waals surface area (Å²) in [4.78, 5) is 16.5. The normalized spacial score (nSPS) is 11.3. The lowest BCUT2D eigenvalue weighted by Crippen LogP contribution is -2.20. The number of rotatable bonds is 2. The molecule has 2 N–H and O–H groups in total. The molecule has 1 heterocycles. The number of urea groups is 1. The number of thiazole rings is 1. The number of amides is 2. The molecule has 0 spiro atoms. The van der Waals surface area contributed by atoms with Gasteiger partial charge in [-0.25, -0.2) is 9.78 Å². The number of nitrogens with zero attached hydrogens (tertiary/aromatic N) is 1. The minimum atomic E-state index is -0.267. The van der Waals surface area contributed by atoms with Crippen LogP contribution in [0.1, 0.15) is 37.6 Å². The molecular formula is C16H21N3OS. The molecule has 0 aliphatic heterocycles. The van der Waals surface area contributed by atoms with Crippen LogP contribution in [0.3, 0.4) is 0 Å². The van der Waals surface area contributed by atoms with Crippen LogP contribution >= 0.6 is 11.3 Å². The molecule has 0 bridgehead atoms. The minimum absolute atomic E-state index is 0.0134. The van der Waals surface area contributed by atoms with Crippen molar-refractivity contribution in [3.8, 4) is 0 Å². The Morgan fingerprint density at radius 3 is 2.48 bits per heavy atom. The molecule has 1 aromatic heterocycles. The molecule has 0 saturated heterocycles. The molecule has 2 rings (SSSR count). The van der Waals surface area contributed by atoms with Gasteiger partial charge in [-0.3, -0.25) is 5.32 Å². The fraction of sp³-hybridized carbons (Fsp3) is 0.375. The number of carbonyl (C=O) groups is 1. The first-order chi connectivity index (χ1) is 9.75. The second kappa shape index (κ2) is 5.85. The number of hydrogen-bond donors (Lipinski definition) is 2. The Morgan fingerprint density at radius 1 is 1.19 bits per heavy atom. The molecule has 0 fully saturated rings. The van der Waals surface area contributed by atoms with Crippen LogP contribution in [0, 0.1) is 13.8 Å². The van der Waals surface area contributed by atoms with E-state index in [-0.39, 0.29) is 11.4 Å². The fourth-order valence-corrected chi connectivity index (χ4v) is 2.81. The summed E-state index contributed by atoms with van der Waals surface area (Å²) in [7, 11) is 0. The van der Waals surface area contributed by atoms with Gasteiger partial charge in [-0.05, 0) is 25.5 Å². The lowest BCUT2D eigenvalue weighted by atomic mass is 9.93. The van der Waals surface area contributed by atoms with Gasteiger partial charge in [0.25, 0.3) is 0 Å². The van der Waals surface area contributed by atoms with Crippen molar-refractivity contribution in [2.45, 2.75) is 40.0 Å². The topological polar surface area (TPSA) is 54.0 Å². The van der Waals surface area contributed by atoms with E-state index in [4.69, 9.17) is 0 Å². The molecule has 2 amide bonds. The van der Waals surface area contributed by atoms with Crippen LogP contribution in [0.2, 0.25) is 0 Å². The zero-order chi connectivity index (χ0) is 15.6. The summed E-state index contributed by atoms with van der Waals surface area (Å²) >= 11 is 1.44. The van der Waals surface area contributed by atoms with Gasteiger partial charge in [-0.1, -0.05) is 38.5 Å².